The van der Waals surface area contributed by atoms with E-state index in [1.807, 2.05) is 18.2 Å². The highest BCUT2D eigenvalue weighted by Gasteiger charge is 2.20. The Kier molecular flexibility index (Phi) is 4.38. The molecule has 2 aromatic rings. The van der Waals surface area contributed by atoms with E-state index >= 15 is 0 Å². The SMILES string of the molecule is O=c1[nH]c(NCC2CCOCC2)nc2cc(NCC3CC3)ccc12. The van der Waals surface area contributed by atoms with Gasteiger partial charge in [0.15, 0.2) is 0 Å². The van der Waals surface area contributed by atoms with Crippen LogP contribution >= 0.6 is 0 Å². The number of anilines is 2. The van der Waals surface area contributed by atoms with E-state index in [1.165, 1.54) is 12.8 Å². The third kappa shape index (κ3) is 3.70. The molecule has 6 nitrogen and oxygen atoms in total. The van der Waals surface area contributed by atoms with Gasteiger partial charge in [-0.2, -0.15) is 0 Å². The van der Waals surface area contributed by atoms with E-state index in [9.17, 15) is 4.79 Å². The molecule has 4 rings (SSSR count). The fourth-order valence-electron chi connectivity index (χ4n) is 3.11. The summed E-state index contributed by atoms with van der Waals surface area (Å²) in [7, 11) is 0. The normalized spacial score (nSPS) is 18.7. The zero-order valence-corrected chi connectivity index (χ0v) is 13.8. The van der Waals surface area contributed by atoms with Gasteiger partial charge in [-0.1, -0.05) is 0 Å². The van der Waals surface area contributed by atoms with Crippen molar-refractivity contribution in [1.29, 1.82) is 0 Å². The molecule has 6 heteroatoms. The topological polar surface area (TPSA) is 79.0 Å². The number of aromatic amines is 1. The highest BCUT2D eigenvalue weighted by atomic mass is 16.5. The summed E-state index contributed by atoms with van der Waals surface area (Å²) < 4.78 is 5.38. The lowest BCUT2D eigenvalue weighted by Crippen LogP contribution is -2.24. The van der Waals surface area contributed by atoms with Crippen LogP contribution < -0.4 is 16.2 Å². The van der Waals surface area contributed by atoms with Gasteiger partial charge >= 0.3 is 0 Å². The Balaban J connectivity index is 1.48. The van der Waals surface area contributed by atoms with Gasteiger partial charge in [-0.3, -0.25) is 9.78 Å². The molecule has 2 aliphatic rings. The minimum absolute atomic E-state index is 0.0942. The average molecular weight is 328 g/mol. The number of benzene rings is 1. The number of hydrogen-bond acceptors (Lipinski definition) is 5. The lowest BCUT2D eigenvalue weighted by molar-refractivity contribution is 0.0699. The third-order valence-electron chi connectivity index (χ3n) is 4.90. The van der Waals surface area contributed by atoms with Crippen molar-refractivity contribution in [3.63, 3.8) is 0 Å². The van der Waals surface area contributed by atoms with Gasteiger partial charge in [0.05, 0.1) is 10.9 Å². The predicted molar refractivity (Wildman–Crippen MR) is 95.6 cm³/mol. The fourth-order valence-corrected chi connectivity index (χ4v) is 3.11. The predicted octanol–water partition coefficient (Wildman–Crippen LogP) is 2.58. The molecule has 1 aliphatic carbocycles. The highest BCUT2D eigenvalue weighted by molar-refractivity contribution is 5.82. The minimum Gasteiger partial charge on any atom is -0.385 e. The van der Waals surface area contributed by atoms with E-state index in [4.69, 9.17) is 4.74 Å². The van der Waals surface area contributed by atoms with Crippen LogP contribution in [0.25, 0.3) is 10.9 Å². The van der Waals surface area contributed by atoms with Crippen molar-refractivity contribution in [3.8, 4) is 0 Å². The van der Waals surface area contributed by atoms with Crippen molar-refractivity contribution in [1.82, 2.24) is 9.97 Å². The standard InChI is InChI=1S/C18H24N4O2/c23-17-15-4-3-14(19-10-12-1-2-12)9-16(15)21-18(22-17)20-11-13-5-7-24-8-6-13/h3-4,9,12-13,19H,1-2,5-8,10-11H2,(H2,20,21,22,23). The summed E-state index contributed by atoms with van der Waals surface area (Å²) in [5.74, 6) is 1.94. The van der Waals surface area contributed by atoms with E-state index in [-0.39, 0.29) is 5.56 Å². The maximum Gasteiger partial charge on any atom is 0.260 e. The molecule has 0 atom stereocenters. The minimum atomic E-state index is -0.0942. The van der Waals surface area contributed by atoms with Gasteiger partial charge in [0.1, 0.15) is 0 Å². The van der Waals surface area contributed by atoms with E-state index in [0.717, 1.165) is 56.3 Å². The van der Waals surface area contributed by atoms with Gasteiger partial charge < -0.3 is 15.4 Å². The number of nitrogens with one attached hydrogen (secondary N) is 3. The monoisotopic (exact) mass is 328 g/mol. The number of ether oxygens (including phenoxy) is 1. The Hall–Kier alpha value is -2.08. The first-order valence-electron chi connectivity index (χ1n) is 8.87. The lowest BCUT2D eigenvalue weighted by atomic mass is 10.0. The molecular formula is C18H24N4O2. The molecule has 1 aromatic heterocycles. The maximum absolute atomic E-state index is 12.3. The van der Waals surface area contributed by atoms with Gasteiger partial charge in [0, 0.05) is 32.0 Å². The van der Waals surface area contributed by atoms with Gasteiger partial charge in [-0.25, -0.2) is 4.98 Å². The van der Waals surface area contributed by atoms with Crippen LogP contribution in [-0.4, -0.2) is 36.3 Å². The summed E-state index contributed by atoms with van der Waals surface area (Å²) in [6.45, 7) is 3.47. The number of rotatable bonds is 6. The van der Waals surface area contributed by atoms with Crippen molar-refractivity contribution in [2.75, 3.05) is 36.9 Å². The molecule has 2 fully saturated rings. The Morgan fingerprint density at radius 1 is 1.08 bits per heavy atom. The zero-order valence-electron chi connectivity index (χ0n) is 13.8. The van der Waals surface area contributed by atoms with E-state index < -0.39 is 0 Å². The maximum atomic E-state index is 12.3. The first-order chi connectivity index (χ1) is 11.8. The molecule has 1 saturated carbocycles. The summed E-state index contributed by atoms with van der Waals surface area (Å²) in [6, 6.07) is 5.77. The van der Waals surface area contributed by atoms with Crippen molar-refractivity contribution in [2.45, 2.75) is 25.7 Å². The first-order valence-corrected chi connectivity index (χ1v) is 8.87. The van der Waals surface area contributed by atoms with Crippen molar-refractivity contribution in [3.05, 3.63) is 28.6 Å². The molecular weight excluding hydrogens is 304 g/mol. The molecule has 128 valence electrons. The molecule has 24 heavy (non-hydrogen) atoms. The van der Waals surface area contributed by atoms with Crippen molar-refractivity contribution in [2.24, 2.45) is 11.8 Å². The van der Waals surface area contributed by atoms with Crippen LogP contribution in [0.15, 0.2) is 23.0 Å². The van der Waals surface area contributed by atoms with Crippen LogP contribution in [0.5, 0.6) is 0 Å². The number of hydrogen-bond donors (Lipinski definition) is 3. The Labute approximate surface area is 141 Å². The quantitative estimate of drug-likeness (QED) is 0.759. The molecule has 1 aliphatic heterocycles. The Morgan fingerprint density at radius 3 is 2.62 bits per heavy atom. The summed E-state index contributed by atoms with van der Waals surface area (Å²) >= 11 is 0. The molecule has 2 heterocycles. The first kappa shape index (κ1) is 15.4. The molecule has 0 bridgehead atoms. The molecule has 0 unspecified atom stereocenters. The Bertz CT molecular complexity index is 763. The van der Waals surface area contributed by atoms with Gasteiger partial charge in [0.25, 0.3) is 5.56 Å². The summed E-state index contributed by atoms with van der Waals surface area (Å²) in [6.07, 6.45) is 4.75. The largest absolute Gasteiger partial charge is 0.385 e. The molecule has 0 radical (unpaired) electrons. The van der Waals surface area contributed by atoms with Gasteiger partial charge in [-0.15, -0.1) is 0 Å². The molecule has 0 spiro atoms. The van der Waals surface area contributed by atoms with E-state index in [1.54, 1.807) is 0 Å². The number of H-pyrrole nitrogens is 1. The number of nitrogens with zero attached hydrogens (tertiary/aromatic N) is 1. The fraction of sp³-hybridized carbons (Fsp3) is 0.556. The number of aromatic nitrogens is 2. The van der Waals surface area contributed by atoms with Crippen LogP contribution in [0.4, 0.5) is 11.6 Å². The summed E-state index contributed by atoms with van der Waals surface area (Å²) in [5.41, 5.74) is 1.67. The molecule has 1 aromatic carbocycles. The lowest BCUT2D eigenvalue weighted by Gasteiger charge is -2.22. The van der Waals surface area contributed by atoms with Crippen molar-refractivity contribution >= 4 is 22.5 Å². The van der Waals surface area contributed by atoms with Gasteiger partial charge in [-0.05, 0) is 55.7 Å². The highest BCUT2D eigenvalue weighted by Crippen LogP contribution is 2.29. The van der Waals surface area contributed by atoms with Crippen LogP contribution in [0.1, 0.15) is 25.7 Å². The second-order valence-corrected chi connectivity index (χ2v) is 6.91. The van der Waals surface area contributed by atoms with E-state index in [0.29, 0.717) is 17.3 Å². The van der Waals surface area contributed by atoms with Crippen LogP contribution in [-0.2, 0) is 4.74 Å². The average Bonchev–Trinajstić information content (AvgIpc) is 3.43. The van der Waals surface area contributed by atoms with Crippen LogP contribution in [0.2, 0.25) is 0 Å². The van der Waals surface area contributed by atoms with E-state index in [2.05, 4.69) is 20.6 Å². The van der Waals surface area contributed by atoms with Crippen molar-refractivity contribution < 1.29 is 4.74 Å². The number of fused-ring (bicyclic) bond motifs is 1. The smallest absolute Gasteiger partial charge is 0.260 e. The van der Waals surface area contributed by atoms with Gasteiger partial charge in [0.2, 0.25) is 5.95 Å². The molecule has 3 N–H and O–H groups in total. The second-order valence-electron chi connectivity index (χ2n) is 6.91. The zero-order chi connectivity index (χ0) is 16.4. The molecule has 1 saturated heterocycles. The molecule has 0 amide bonds. The third-order valence-corrected chi connectivity index (χ3v) is 4.90. The van der Waals surface area contributed by atoms with Crippen LogP contribution in [0, 0.1) is 11.8 Å². The second kappa shape index (κ2) is 6.81. The summed E-state index contributed by atoms with van der Waals surface area (Å²) in [4.78, 5) is 19.7. The summed E-state index contributed by atoms with van der Waals surface area (Å²) in [5, 5.41) is 7.35. The Morgan fingerprint density at radius 2 is 1.83 bits per heavy atom. The van der Waals surface area contributed by atoms with Crippen LogP contribution in [0.3, 0.4) is 0 Å².